The van der Waals surface area contributed by atoms with Gasteiger partial charge in [0.15, 0.2) is 9.84 Å². The van der Waals surface area contributed by atoms with Crippen LogP contribution in [0, 0.1) is 17.2 Å². The van der Waals surface area contributed by atoms with Gasteiger partial charge in [-0.3, -0.25) is 0 Å². The molecule has 0 unspecified atom stereocenters. The Labute approximate surface area is 95.6 Å². The second-order valence-electron chi connectivity index (χ2n) is 4.18. The second-order valence-corrected chi connectivity index (χ2v) is 6.41. The van der Waals surface area contributed by atoms with E-state index in [0.717, 1.165) is 5.56 Å². The Kier molecular flexibility index (Phi) is 2.97. The van der Waals surface area contributed by atoms with Gasteiger partial charge in [0.2, 0.25) is 0 Å². The minimum absolute atomic E-state index is 0.0441. The fourth-order valence-corrected chi connectivity index (χ4v) is 4.04. The molecule has 0 bridgehead atoms. The van der Waals surface area contributed by atoms with E-state index in [-0.39, 0.29) is 23.3 Å². The number of hydrogen-bond acceptors (Lipinski definition) is 3. The molecule has 1 aliphatic rings. The first-order chi connectivity index (χ1) is 7.62. The van der Waals surface area contributed by atoms with E-state index in [1.807, 2.05) is 30.3 Å². The third kappa shape index (κ3) is 2.25. The second kappa shape index (κ2) is 4.26. The zero-order chi connectivity index (χ0) is 11.6. The van der Waals surface area contributed by atoms with Crippen LogP contribution in [0.1, 0.15) is 17.9 Å². The molecule has 3 nitrogen and oxygen atoms in total. The maximum atomic E-state index is 11.4. The van der Waals surface area contributed by atoms with Crippen molar-refractivity contribution in [1.29, 1.82) is 5.26 Å². The molecule has 1 heterocycles. The van der Waals surface area contributed by atoms with Gasteiger partial charge in [-0.25, -0.2) is 8.42 Å². The molecule has 0 spiro atoms. The predicted octanol–water partition coefficient (Wildman–Crippen LogP) is 1.73. The molecule has 0 N–H and O–H groups in total. The predicted molar refractivity (Wildman–Crippen MR) is 61.6 cm³/mol. The van der Waals surface area contributed by atoms with Crippen LogP contribution in [0.25, 0.3) is 0 Å². The summed E-state index contributed by atoms with van der Waals surface area (Å²) >= 11 is 0. The van der Waals surface area contributed by atoms with Crippen LogP contribution in [-0.2, 0) is 9.84 Å². The molecule has 0 aliphatic carbocycles. The lowest BCUT2D eigenvalue weighted by Gasteiger charge is -2.15. The van der Waals surface area contributed by atoms with Crippen molar-refractivity contribution in [3.05, 3.63) is 35.9 Å². The highest BCUT2D eigenvalue weighted by molar-refractivity contribution is 7.91. The molecule has 0 aromatic heterocycles. The van der Waals surface area contributed by atoms with Gasteiger partial charge in [-0.1, -0.05) is 30.3 Å². The zero-order valence-corrected chi connectivity index (χ0v) is 9.65. The fourth-order valence-electron chi connectivity index (χ4n) is 2.20. The van der Waals surface area contributed by atoms with Crippen LogP contribution in [0.15, 0.2) is 30.3 Å². The smallest absolute Gasteiger partial charge is 0.150 e. The van der Waals surface area contributed by atoms with Gasteiger partial charge in [0.25, 0.3) is 0 Å². The molecule has 0 radical (unpaired) electrons. The molecule has 84 valence electrons. The van der Waals surface area contributed by atoms with Gasteiger partial charge in [0, 0.05) is 0 Å². The van der Waals surface area contributed by atoms with E-state index in [0.29, 0.717) is 6.42 Å². The van der Waals surface area contributed by atoms with Crippen molar-refractivity contribution >= 4 is 9.84 Å². The lowest BCUT2D eigenvalue weighted by molar-refractivity contribution is 0.541. The molecule has 1 saturated heterocycles. The van der Waals surface area contributed by atoms with Crippen molar-refractivity contribution in [1.82, 2.24) is 0 Å². The highest BCUT2D eigenvalue weighted by Crippen LogP contribution is 2.32. The van der Waals surface area contributed by atoms with Gasteiger partial charge in [0.05, 0.1) is 23.5 Å². The van der Waals surface area contributed by atoms with Gasteiger partial charge < -0.3 is 0 Å². The normalized spacial score (nSPS) is 24.8. The zero-order valence-electron chi connectivity index (χ0n) is 8.83. The Morgan fingerprint density at radius 3 is 2.50 bits per heavy atom. The molecular weight excluding hydrogens is 222 g/mol. The molecule has 1 aromatic carbocycles. The van der Waals surface area contributed by atoms with Gasteiger partial charge >= 0.3 is 0 Å². The molecule has 0 saturated carbocycles. The number of sulfone groups is 1. The molecular formula is C12H13NO2S. The molecule has 1 aromatic rings. The Morgan fingerprint density at radius 2 is 2.00 bits per heavy atom. The summed E-state index contributed by atoms with van der Waals surface area (Å²) in [4.78, 5) is 0. The van der Waals surface area contributed by atoms with E-state index in [1.165, 1.54) is 0 Å². The van der Waals surface area contributed by atoms with E-state index in [9.17, 15) is 8.42 Å². The quantitative estimate of drug-likeness (QED) is 0.784. The highest BCUT2D eigenvalue weighted by atomic mass is 32.2. The van der Waals surface area contributed by atoms with Crippen molar-refractivity contribution in [2.75, 3.05) is 11.5 Å². The summed E-state index contributed by atoms with van der Waals surface area (Å²) in [7, 11) is -2.91. The van der Waals surface area contributed by atoms with Crippen LogP contribution in [0.3, 0.4) is 0 Å². The highest BCUT2D eigenvalue weighted by Gasteiger charge is 2.34. The van der Waals surface area contributed by atoms with Crippen molar-refractivity contribution in [2.24, 2.45) is 5.92 Å². The molecule has 1 fully saturated rings. The monoisotopic (exact) mass is 235 g/mol. The largest absolute Gasteiger partial charge is 0.229 e. The minimum Gasteiger partial charge on any atom is -0.229 e. The summed E-state index contributed by atoms with van der Waals surface area (Å²) in [5, 5.41) is 9.17. The summed E-state index contributed by atoms with van der Waals surface area (Å²) in [6.07, 6.45) is 0.607. The Hall–Kier alpha value is -1.34. The lowest BCUT2D eigenvalue weighted by atomic mass is 9.87. The molecule has 1 aliphatic heterocycles. The maximum absolute atomic E-state index is 11.4. The van der Waals surface area contributed by atoms with Crippen molar-refractivity contribution < 1.29 is 8.42 Å². The first-order valence-corrected chi connectivity index (χ1v) is 7.09. The van der Waals surface area contributed by atoms with E-state index >= 15 is 0 Å². The van der Waals surface area contributed by atoms with Crippen molar-refractivity contribution in [2.45, 2.75) is 12.3 Å². The van der Waals surface area contributed by atoms with Crippen LogP contribution in [0.2, 0.25) is 0 Å². The molecule has 0 amide bonds. The lowest BCUT2D eigenvalue weighted by Crippen LogP contribution is -2.13. The topological polar surface area (TPSA) is 57.9 Å². The first kappa shape index (κ1) is 11.2. The van der Waals surface area contributed by atoms with E-state index in [2.05, 4.69) is 6.07 Å². The maximum Gasteiger partial charge on any atom is 0.150 e. The van der Waals surface area contributed by atoms with Crippen LogP contribution in [-0.4, -0.2) is 19.9 Å². The number of nitrogens with zero attached hydrogens (tertiary/aromatic N) is 1. The fraction of sp³-hybridized carbons (Fsp3) is 0.417. The summed E-state index contributed by atoms with van der Waals surface area (Å²) < 4.78 is 22.8. The van der Waals surface area contributed by atoms with Gasteiger partial charge in [-0.05, 0) is 17.9 Å². The number of rotatable bonds is 2. The molecule has 2 atom stereocenters. The molecule has 16 heavy (non-hydrogen) atoms. The average molecular weight is 235 g/mol. The molecule has 4 heteroatoms. The standard InChI is InChI=1S/C12H13NO2S/c13-8-12(10-4-2-1-3-5-10)11-6-7-16(14,15)9-11/h1-5,11-12H,6-7,9H2/t11-,12+/m1/s1. The van der Waals surface area contributed by atoms with Crippen LogP contribution < -0.4 is 0 Å². The summed E-state index contributed by atoms with van der Waals surface area (Å²) in [6.45, 7) is 0. The average Bonchev–Trinajstić information content (AvgIpc) is 2.62. The summed E-state index contributed by atoms with van der Waals surface area (Å²) in [5.41, 5.74) is 0.923. The number of benzene rings is 1. The Bertz CT molecular complexity index is 502. The Balaban J connectivity index is 2.23. The van der Waals surface area contributed by atoms with E-state index in [1.54, 1.807) is 0 Å². The van der Waals surface area contributed by atoms with Gasteiger partial charge in [0.1, 0.15) is 0 Å². The minimum atomic E-state index is -2.91. The van der Waals surface area contributed by atoms with Crippen LogP contribution >= 0.6 is 0 Å². The third-order valence-electron chi connectivity index (χ3n) is 3.04. The first-order valence-electron chi connectivity index (χ1n) is 5.27. The van der Waals surface area contributed by atoms with E-state index < -0.39 is 9.84 Å². The Morgan fingerprint density at radius 1 is 1.31 bits per heavy atom. The SMILES string of the molecule is N#C[C@@H](c1ccccc1)[C@@H]1CCS(=O)(=O)C1. The van der Waals surface area contributed by atoms with Crippen LogP contribution in [0.4, 0.5) is 0 Å². The van der Waals surface area contributed by atoms with Crippen LogP contribution in [0.5, 0.6) is 0 Å². The number of hydrogen-bond donors (Lipinski definition) is 0. The number of nitriles is 1. The van der Waals surface area contributed by atoms with Crippen molar-refractivity contribution in [3.8, 4) is 6.07 Å². The van der Waals surface area contributed by atoms with Crippen molar-refractivity contribution in [3.63, 3.8) is 0 Å². The summed E-state index contributed by atoms with van der Waals surface area (Å²) in [6, 6.07) is 11.7. The third-order valence-corrected chi connectivity index (χ3v) is 4.83. The van der Waals surface area contributed by atoms with E-state index in [4.69, 9.17) is 5.26 Å². The molecule has 2 rings (SSSR count). The van der Waals surface area contributed by atoms with Gasteiger partial charge in [-0.15, -0.1) is 0 Å². The summed E-state index contributed by atoms with van der Waals surface area (Å²) in [5.74, 6) is 0.0406. The van der Waals surface area contributed by atoms with Gasteiger partial charge in [-0.2, -0.15) is 5.26 Å².